The Hall–Kier alpha value is -2.71. The van der Waals surface area contributed by atoms with Gasteiger partial charge in [0.1, 0.15) is 5.69 Å². The molecule has 2 fully saturated rings. The second-order valence-electron chi connectivity index (χ2n) is 10.9. The van der Waals surface area contributed by atoms with Crippen molar-refractivity contribution in [2.75, 3.05) is 6.54 Å². The maximum atomic E-state index is 13.7. The molecule has 6 rings (SSSR count). The average Bonchev–Trinajstić information content (AvgIpc) is 3.50. The Morgan fingerprint density at radius 2 is 1.79 bits per heavy atom. The monoisotopic (exact) mass is 458 g/mol. The molecular weight excluding hydrogens is 427 g/mol. The summed E-state index contributed by atoms with van der Waals surface area (Å²) in [6, 6.07) is 12.3. The second-order valence-corrected chi connectivity index (χ2v) is 10.9. The Morgan fingerprint density at radius 3 is 2.50 bits per heavy atom. The van der Waals surface area contributed by atoms with Gasteiger partial charge in [-0.25, -0.2) is 9.50 Å². The van der Waals surface area contributed by atoms with Crippen molar-refractivity contribution in [3.63, 3.8) is 0 Å². The topological polar surface area (TPSA) is 69.0 Å². The molecule has 8 heteroatoms. The standard InChI is InChI=1S/C26H31BN4O3/c1-16-19-9-7-6-8-17(19)12-13-30(16)24(32)20-14-21(18-10-11-18)31-23(28-20)15-22(29-31)27-33-25(2,3)26(4,5)34-27/h6-9,14-16,18H,10-13H2,1-5H3. The third-order valence-corrected chi connectivity index (χ3v) is 8.04. The number of benzene rings is 1. The van der Waals surface area contributed by atoms with Crippen LogP contribution < -0.4 is 5.59 Å². The molecule has 34 heavy (non-hydrogen) atoms. The highest BCUT2D eigenvalue weighted by atomic mass is 16.7. The molecule has 1 atom stereocenters. The fourth-order valence-corrected chi connectivity index (χ4v) is 5.07. The molecule has 7 nitrogen and oxygen atoms in total. The van der Waals surface area contributed by atoms with E-state index in [-0.39, 0.29) is 11.9 Å². The van der Waals surface area contributed by atoms with Crippen molar-refractivity contribution in [1.82, 2.24) is 19.5 Å². The number of amides is 1. The number of rotatable bonds is 3. The van der Waals surface area contributed by atoms with E-state index in [1.54, 1.807) is 0 Å². The van der Waals surface area contributed by atoms with Crippen LogP contribution in [0.15, 0.2) is 36.4 Å². The number of nitrogens with zero attached hydrogens (tertiary/aromatic N) is 4. The van der Waals surface area contributed by atoms with E-state index < -0.39 is 18.3 Å². The van der Waals surface area contributed by atoms with Crippen LogP contribution in [0, 0.1) is 0 Å². The van der Waals surface area contributed by atoms with Crippen molar-refractivity contribution in [1.29, 1.82) is 0 Å². The number of carbonyl (C=O) groups excluding carboxylic acids is 1. The molecule has 0 bridgehead atoms. The van der Waals surface area contributed by atoms with Crippen LogP contribution in [-0.2, 0) is 15.7 Å². The van der Waals surface area contributed by atoms with E-state index in [0.717, 1.165) is 25.0 Å². The minimum Gasteiger partial charge on any atom is -0.398 e. The summed E-state index contributed by atoms with van der Waals surface area (Å²) in [5, 5.41) is 4.82. The first-order chi connectivity index (χ1) is 16.1. The quantitative estimate of drug-likeness (QED) is 0.561. The molecule has 0 spiro atoms. The Balaban J connectivity index is 1.36. The molecule has 1 amide bonds. The molecule has 0 N–H and O–H groups in total. The van der Waals surface area contributed by atoms with Gasteiger partial charge in [-0.05, 0) is 71.1 Å². The molecule has 176 valence electrons. The van der Waals surface area contributed by atoms with Crippen LogP contribution >= 0.6 is 0 Å². The van der Waals surface area contributed by atoms with Gasteiger partial charge in [-0.15, -0.1) is 0 Å². The van der Waals surface area contributed by atoms with Gasteiger partial charge < -0.3 is 14.2 Å². The van der Waals surface area contributed by atoms with Gasteiger partial charge in [0.05, 0.1) is 22.8 Å². The second kappa shape index (κ2) is 7.39. The Labute approximate surface area is 200 Å². The molecule has 2 aromatic heterocycles. The molecule has 3 aromatic rings. The molecule has 1 aromatic carbocycles. The zero-order valence-electron chi connectivity index (χ0n) is 20.5. The van der Waals surface area contributed by atoms with Crippen LogP contribution in [0.2, 0.25) is 0 Å². The minimum absolute atomic E-state index is 0.0186. The smallest absolute Gasteiger partial charge is 0.398 e. The van der Waals surface area contributed by atoms with E-state index >= 15 is 0 Å². The summed E-state index contributed by atoms with van der Waals surface area (Å²) in [6.07, 6.45) is 3.07. The van der Waals surface area contributed by atoms with Crippen molar-refractivity contribution in [3.8, 4) is 0 Å². The summed E-state index contributed by atoms with van der Waals surface area (Å²) < 4.78 is 14.3. The van der Waals surface area contributed by atoms with Crippen LogP contribution in [0.5, 0.6) is 0 Å². The summed E-state index contributed by atoms with van der Waals surface area (Å²) in [7, 11) is -0.559. The molecule has 1 unspecified atom stereocenters. The highest BCUT2D eigenvalue weighted by Crippen LogP contribution is 2.41. The third-order valence-electron chi connectivity index (χ3n) is 8.04. The van der Waals surface area contributed by atoms with E-state index in [9.17, 15) is 4.79 Å². The van der Waals surface area contributed by atoms with Crippen LogP contribution in [0.1, 0.15) is 86.7 Å². The first kappa shape index (κ1) is 21.8. The van der Waals surface area contributed by atoms with Gasteiger partial charge in [-0.1, -0.05) is 24.3 Å². The first-order valence-corrected chi connectivity index (χ1v) is 12.3. The van der Waals surface area contributed by atoms with Crippen LogP contribution in [-0.4, -0.2) is 50.3 Å². The number of aromatic nitrogens is 3. The fourth-order valence-electron chi connectivity index (χ4n) is 5.07. The molecule has 1 saturated heterocycles. The average molecular weight is 458 g/mol. The lowest BCUT2D eigenvalue weighted by Crippen LogP contribution is -2.41. The lowest BCUT2D eigenvalue weighted by Gasteiger charge is -2.35. The summed E-state index contributed by atoms with van der Waals surface area (Å²) in [5.74, 6) is 0.382. The van der Waals surface area contributed by atoms with E-state index in [1.165, 1.54) is 11.1 Å². The lowest BCUT2D eigenvalue weighted by molar-refractivity contribution is 0.00578. The molecule has 0 radical (unpaired) electrons. The largest absolute Gasteiger partial charge is 0.516 e. The lowest BCUT2D eigenvalue weighted by atomic mass is 9.85. The SMILES string of the molecule is CC1c2ccccc2CCN1C(=O)c1cc(C2CC2)n2nc(B3OC(C)(C)C(C)(C)O3)cc2n1. The van der Waals surface area contributed by atoms with E-state index in [0.29, 0.717) is 29.4 Å². The van der Waals surface area contributed by atoms with Crippen LogP contribution in [0.25, 0.3) is 5.65 Å². The predicted octanol–water partition coefficient (Wildman–Crippen LogP) is 3.67. The summed E-state index contributed by atoms with van der Waals surface area (Å²) in [5.41, 5.74) is 4.55. The van der Waals surface area contributed by atoms with Gasteiger partial charge in [0.25, 0.3) is 5.91 Å². The molecule has 4 heterocycles. The van der Waals surface area contributed by atoms with Gasteiger partial charge in [0, 0.05) is 24.2 Å². The molecular formula is C26H31BN4O3. The van der Waals surface area contributed by atoms with E-state index in [2.05, 4.69) is 25.1 Å². The zero-order chi connectivity index (χ0) is 23.8. The Morgan fingerprint density at radius 1 is 1.09 bits per heavy atom. The maximum absolute atomic E-state index is 13.7. The van der Waals surface area contributed by atoms with Crippen molar-refractivity contribution in [2.45, 2.75) is 77.0 Å². The Kier molecular flexibility index (Phi) is 4.74. The van der Waals surface area contributed by atoms with E-state index in [4.69, 9.17) is 19.4 Å². The van der Waals surface area contributed by atoms with Crippen LogP contribution in [0.4, 0.5) is 0 Å². The highest BCUT2D eigenvalue weighted by Gasteiger charge is 2.53. The summed E-state index contributed by atoms with van der Waals surface area (Å²) in [6.45, 7) is 10.9. The van der Waals surface area contributed by atoms with E-state index in [1.807, 2.05) is 55.3 Å². The predicted molar refractivity (Wildman–Crippen MR) is 130 cm³/mol. The zero-order valence-corrected chi connectivity index (χ0v) is 20.5. The van der Waals surface area contributed by atoms with Gasteiger partial charge in [-0.3, -0.25) is 4.79 Å². The van der Waals surface area contributed by atoms with Crippen LogP contribution in [0.3, 0.4) is 0 Å². The fraction of sp³-hybridized carbons (Fsp3) is 0.500. The Bertz CT molecular complexity index is 1280. The number of carbonyl (C=O) groups is 1. The van der Waals surface area contributed by atoms with Crippen molar-refractivity contribution < 1.29 is 14.1 Å². The normalized spacial score (nSPS) is 23.4. The van der Waals surface area contributed by atoms with Crippen molar-refractivity contribution in [2.24, 2.45) is 0 Å². The van der Waals surface area contributed by atoms with Crippen molar-refractivity contribution in [3.05, 3.63) is 58.9 Å². The summed E-state index contributed by atoms with van der Waals surface area (Å²) >= 11 is 0. The van der Waals surface area contributed by atoms with Gasteiger partial charge in [-0.2, -0.15) is 5.10 Å². The molecule has 3 aliphatic rings. The maximum Gasteiger partial charge on any atom is 0.516 e. The highest BCUT2D eigenvalue weighted by molar-refractivity contribution is 6.61. The van der Waals surface area contributed by atoms with Gasteiger partial charge in [0.2, 0.25) is 0 Å². The van der Waals surface area contributed by atoms with Gasteiger partial charge >= 0.3 is 7.12 Å². The third kappa shape index (κ3) is 3.38. The van der Waals surface area contributed by atoms with Gasteiger partial charge in [0.15, 0.2) is 5.65 Å². The number of fused-ring (bicyclic) bond motifs is 2. The first-order valence-electron chi connectivity index (χ1n) is 12.3. The molecule has 2 aliphatic heterocycles. The molecule has 1 aliphatic carbocycles. The number of hydrogen-bond acceptors (Lipinski definition) is 5. The number of hydrogen-bond donors (Lipinski definition) is 0. The van der Waals surface area contributed by atoms with Crippen molar-refractivity contribution >= 4 is 24.3 Å². The summed E-state index contributed by atoms with van der Waals surface area (Å²) in [4.78, 5) is 20.4. The molecule has 1 saturated carbocycles. The minimum atomic E-state index is -0.559.